The largest absolute Gasteiger partial charge is 0.351 e. The third-order valence-electron chi connectivity index (χ3n) is 3.85. The molecule has 1 amide bonds. The molecule has 1 saturated heterocycles. The highest BCUT2D eigenvalue weighted by atomic mass is 16.2. The fourth-order valence-electron chi connectivity index (χ4n) is 3.06. The van der Waals surface area contributed by atoms with Gasteiger partial charge < -0.3 is 15.5 Å². The minimum absolute atomic E-state index is 0.102. The Balaban J connectivity index is 2.50. The van der Waals surface area contributed by atoms with Gasteiger partial charge in [-0.2, -0.15) is 0 Å². The van der Waals surface area contributed by atoms with Gasteiger partial charge in [-0.15, -0.1) is 0 Å². The average Bonchev–Trinajstić information content (AvgIpc) is 2.34. The first-order valence-electron chi connectivity index (χ1n) is 6.68. The summed E-state index contributed by atoms with van der Waals surface area (Å²) >= 11 is 0. The van der Waals surface area contributed by atoms with Crippen LogP contribution in [0.4, 0.5) is 5.69 Å². The molecule has 0 spiro atoms. The molecular formula is C15H23N3O. The second-order valence-electron chi connectivity index (χ2n) is 5.91. The number of para-hydroxylation sites is 1. The Morgan fingerprint density at radius 2 is 2.00 bits per heavy atom. The number of hydrogen-bond donors (Lipinski definition) is 1. The molecule has 0 saturated carbocycles. The third-order valence-corrected chi connectivity index (χ3v) is 3.85. The van der Waals surface area contributed by atoms with E-state index < -0.39 is 0 Å². The van der Waals surface area contributed by atoms with E-state index in [1.165, 1.54) is 5.56 Å². The predicted octanol–water partition coefficient (Wildman–Crippen LogP) is 1.38. The molecule has 0 radical (unpaired) electrons. The second kappa shape index (κ2) is 4.85. The number of hydrogen-bond acceptors (Lipinski definition) is 3. The van der Waals surface area contributed by atoms with Gasteiger partial charge in [-0.3, -0.25) is 4.79 Å². The Morgan fingerprint density at radius 1 is 1.37 bits per heavy atom. The summed E-state index contributed by atoms with van der Waals surface area (Å²) in [5.74, 6) is 0.102. The van der Waals surface area contributed by atoms with E-state index in [9.17, 15) is 4.79 Å². The molecule has 4 nitrogen and oxygen atoms in total. The van der Waals surface area contributed by atoms with Gasteiger partial charge in [0.1, 0.15) is 6.04 Å². The number of rotatable bonds is 2. The van der Waals surface area contributed by atoms with Crippen LogP contribution in [0.15, 0.2) is 24.3 Å². The van der Waals surface area contributed by atoms with Crippen LogP contribution in [-0.4, -0.2) is 42.5 Å². The van der Waals surface area contributed by atoms with Gasteiger partial charge in [0, 0.05) is 25.8 Å². The van der Waals surface area contributed by atoms with E-state index in [2.05, 4.69) is 37.8 Å². The van der Waals surface area contributed by atoms with Crippen molar-refractivity contribution < 1.29 is 4.79 Å². The van der Waals surface area contributed by atoms with Crippen LogP contribution in [-0.2, 0) is 4.79 Å². The van der Waals surface area contributed by atoms with Crippen molar-refractivity contribution in [2.24, 2.45) is 5.73 Å². The second-order valence-corrected chi connectivity index (χ2v) is 5.91. The molecule has 104 valence electrons. The molecule has 19 heavy (non-hydrogen) atoms. The fraction of sp³-hybridized carbons (Fsp3) is 0.533. The minimum atomic E-state index is -0.283. The van der Waals surface area contributed by atoms with E-state index in [1.807, 2.05) is 19.2 Å². The van der Waals surface area contributed by atoms with Crippen LogP contribution < -0.4 is 10.6 Å². The summed E-state index contributed by atoms with van der Waals surface area (Å²) in [6.45, 7) is 7.43. The molecule has 0 aliphatic carbocycles. The maximum absolute atomic E-state index is 12.3. The van der Waals surface area contributed by atoms with Crippen molar-refractivity contribution in [2.75, 3.05) is 25.0 Å². The van der Waals surface area contributed by atoms with E-state index in [-0.39, 0.29) is 17.5 Å². The summed E-state index contributed by atoms with van der Waals surface area (Å²) < 4.78 is 0. The first kappa shape index (κ1) is 13.9. The van der Waals surface area contributed by atoms with Gasteiger partial charge in [0.2, 0.25) is 5.91 Å². The summed E-state index contributed by atoms with van der Waals surface area (Å²) in [4.78, 5) is 16.3. The van der Waals surface area contributed by atoms with E-state index in [1.54, 1.807) is 4.90 Å². The molecule has 1 atom stereocenters. The molecular weight excluding hydrogens is 238 g/mol. The van der Waals surface area contributed by atoms with Crippen molar-refractivity contribution >= 4 is 11.6 Å². The Kier molecular flexibility index (Phi) is 3.54. The molecule has 1 aromatic carbocycles. The standard InChI is InChI=1S/C15H23N3O/c1-11-7-5-6-8-12(11)18-13(9-16)14(19)17(4)10-15(18,2)3/h5-8,13H,9-10,16H2,1-4H3. The molecule has 2 N–H and O–H groups in total. The van der Waals surface area contributed by atoms with Crippen molar-refractivity contribution in [1.82, 2.24) is 4.90 Å². The smallest absolute Gasteiger partial charge is 0.246 e. The van der Waals surface area contributed by atoms with Crippen molar-refractivity contribution in [3.63, 3.8) is 0 Å². The molecule has 2 rings (SSSR count). The predicted molar refractivity (Wildman–Crippen MR) is 78.2 cm³/mol. The van der Waals surface area contributed by atoms with E-state index >= 15 is 0 Å². The van der Waals surface area contributed by atoms with E-state index in [4.69, 9.17) is 5.73 Å². The summed E-state index contributed by atoms with van der Waals surface area (Å²) in [6.07, 6.45) is 0. The van der Waals surface area contributed by atoms with Crippen molar-refractivity contribution in [3.05, 3.63) is 29.8 Å². The van der Waals surface area contributed by atoms with Crippen LogP contribution in [0.2, 0.25) is 0 Å². The summed E-state index contributed by atoms with van der Waals surface area (Å²) in [5.41, 5.74) is 8.01. The molecule has 1 fully saturated rings. The van der Waals surface area contributed by atoms with Crippen molar-refractivity contribution in [1.29, 1.82) is 0 Å². The SMILES string of the molecule is Cc1ccccc1N1C(CN)C(=O)N(C)CC1(C)C. The number of likely N-dealkylation sites (N-methyl/N-ethyl adjacent to an activating group) is 1. The third kappa shape index (κ3) is 2.32. The molecule has 1 aliphatic rings. The van der Waals surface area contributed by atoms with Gasteiger partial charge in [-0.1, -0.05) is 18.2 Å². The number of amides is 1. The monoisotopic (exact) mass is 261 g/mol. The maximum Gasteiger partial charge on any atom is 0.246 e. The highest BCUT2D eigenvalue weighted by molar-refractivity contribution is 5.88. The Hall–Kier alpha value is -1.55. The van der Waals surface area contributed by atoms with E-state index in [0.717, 1.165) is 5.69 Å². The van der Waals surface area contributed by atoms with Crippen molar-refractivity contribution in [3.8, 4) is 0 Å². The summed E-state index contributed by atoms with van der Waals surface area (Å²) in [5, 5.41) is 0. The first-order valence-corrected chi connectivity index (χ1v) is 6.68. The number of nitrogens with zero attached hydrogens (tertiary/aromatic N) is 2. The van der Waals surface area contributed by atoms with Gasteiger partial charge in [0.25, 0.3) is 0 Å². The highest BCUT2D eigenvalue weighted by Gasteiger charge is 2.43. The Morgan fingerprint density at radius 3 is 2.58 bits per heavy atom. The summed E-state index contributed by atoms with van der Waals surface area (Å²) in [6, 6.07) is 7.88. The zero-order valence-electron chi connectivity index (χ0n) is 12.2. The fourth-order valence-corrected chi connectivity index (χ4v) is 3.06. The van der Waals surface area contributed by atoms with Crippen LogP contribution in [0, 0.1) is 6.92 Å². The lowest BCUT2D eigenvalue weighted by Gasteiger charge is -2.51. The minimum Gasteiger partial charge on any atom is -0.351 e. The summed E-state index contributed by atoms with van der Waals surface area (Å²) in [7, 11) is 1.85. The lowest BCUT2D eigenvalue weighted by Crippen LogP contribution is -2.68. The number of carbonyl (C=O) groups is 1. The van der Waals surface area contributed by atoms with Gasteiger partial charge >= 0.3 is 0 Å². The van der Waals surface area contributed by atoms with Crippen LogP contribution in [0.1, 0.15) is 19.4 Å². The van der Waals surface area contributed by atoms with Gasteiger partial charge in [0.15, 0.2) is 0 Å². The lowest BCUT2D eigenvalue weighted by atomic mass is 9.92. The van der Waals surface area contributed by atoms with Gasteiger partial charge in [-0.05, 0) is 32.4 Å². The molecule has 4 heteroatoms. The normalized spacial score (nSPS) is 22.8. The molecule has 1 aromatic rings. The Bertz CT molecular complexity index is 484. The van der Waals surface area contributed by atoms with E-state index in [0.29, 0.717) is 13.1 Å². The number of nitrogens with two attached hydrogens (primary N) is 1. The van der Waals surface area contributed by atoms with Crippen LogP contribution in [0.25, 0.3) is 0 Å². The molecule has 0 aromatic heterocycles. The van der Waals surface area contributed by atoms with Gasteiger partial charge in [0.05, 0.1) is 5.54 Å². The highest BCUT2D eigenvalue weighted by Crippen LogP contribution is 2.33. The lowest BCUT2D eigenvalue weighted by molar-refractivity contribution is -0.134. The number of piperazine rings is 1. The van der Waals surface area contributed by atoms with Crippen LogP contribution >= 0.6 is 0 Å². The quantitative estimate of drug-likeness (QED) is 0.875. The topological polar surface area (TPSA) is 49.6 Å². The zero-order chi connectivity index (χ0) is 14.2. The average molecular weight is 261 g/mol. The molecule has 0 bridgehead atoms. The van der Waals surface area contributed by atoms with Crippen LogP contribution in [0.3, 0.4) is 0 Å². The number of aryl methyl sites for hydroxylation is 1. The molecule has 1 heterocycles. The molecule has 1 aliphatic heterocycles. The van der Waals surface area contributed by atoms with Crippen LogP contribution in [0.5, 0.6) is 0 Å². The number of anilines is 1. The van der Waals surface area contributed by atoms with Crippen molar-refractivity contribution in [2.45, 2.75) is 32.4 Å². The number of benzene rings is 1. The number of carbonyl (C=O) groups excluding carboxylic acids is 1. The molecule has 1 unspecified atom stereocenters. The van der Waals surface area contributed by atoms with Gasteiger partial charge in [-0.25, -0.2) is 0 Å². The Labute approximate surface area is 115 Å². The maximum atomic E-state index is 12.3. The zero-order valence-corrected chi connectivity index (χ0v) is 12.2. The first-order chi connectivity index (χ1) is 8.88.